The number of hydrogen-bond donors (Lipinski definition) is 1. The minimum Gasteiger partial charge on any atom is -0.324 e. The standard InChI is InChI=1S/C12H15FN2O/c13-10-6-11(8-14-7-10)15-12(16)9-4-2-1-3-5-9/h6-9H,1-5H2,(H,15,16). The number of nitrogens with zero attached hydrogens (tertiary/aromatic N) is 1. The van der Waals surface area contributed by atoms with Crippen molar-refractivity contribution in [1.29, 1.82) is 0 Å². The number of pyridine rings is 1. The molecule has 0 atom stereocenters. The molecule has 1 heterocycles. The first-order valence-electron chi connectivity index (χ1n) is 5.67. The van der Waals surface area contributed by atoms with E-state index < -0.39 is 5.82 Å². The summed E-state index contributed by atoms with van der Waals surface area (Å²) in [5.41, 5.74) is 0.440. The summed E-state index contributed by atoms with van der Waals surface area (Å²) in [4.78, 5) is 15.5. The van der Waals surface area contributed by atoms with Crippen LogP contribution in [0, 0.1) is 11.7 Å². The number of nitrogens with one attached hydrogen (secondary N) is 1. The van der Waals surface area contributed by atoms with Crippen LogP contribution >= 0.6 is 0 Å². The Balaban J connectivity index is 1.96. The molecule has 86 valence electrons. The summed E-state index contributed by atoms with van der Waals surface area (Å²) < 4.78 is 12.8. The average molecular weight is 222 g/mol. The second-order valence-electron chi connectivity index (χ2n) is 4.22. The summed E-state index contributed by atoms with van der Waals surface area (Å²) in [6.45, 7) is 0. The lowest BCUT2D eigenvalue weighted by Crippen LogP contribution is -2.24. The van der Waals surface area contributed by atoms with Crippen LogP contribution in [0.25, 0.3) is 0 Å². The highest BCUT2D eigenvalue weighted by molar-refractivity contribution is 5.92. The van der Waals surface area contributed by atoms with Crippen molar-refractivity contribution < 1.29 is 9.18 Å². The number of hydrogen-bond acceptors (Lipinski definition) is 2. The monoisotopic (exact) mass is 222 g/mol. The Kier molecular flexibility index (Phi) is 3.49. The number of halogens is 1. The highest BCUT2D eigenvalue weighted by atomic mass is 19.1. The molecule has 1 aromatic heterocycles. The predicted octanol–water partition coefficient (Wildman–Crippen LogP) is 2.74. The van der Waals surface area contributed by atoms with E-state index in [4.69, 9.17) is 0 Å². The van der Waals surface area contributed by atoms with Gasteiger partial charge in [-0.1, -0.05) is 19.3 Å². The Labute approximate surface area is 94.1 Å². The van der Waals surface area contributed by atoms with Gasteiger partial charge in [0.15, 0.2) is 0 Å². The Morgan fingerprint density at radius 3 is 2.75 bits per heavy atom. The van der Waals surface area contributed by atoms with Crippen LogP contribution in [0.15, 0.2) is 18.5 Å². The maximum atomic E-state index is 12.8. The Bertz CT molecular complexity index is 375. The van der Waals surface area contributed by atoms with Crippen molar-refractivity contribution in [2.75, 3.05) is 5.32 Å². The molecule has 1 aromatic rings. The molecular formula is C12H15FN2O. The lowest BCUT2D eigenvalue weighted by Gasteiger charge is -2.20. The fourth-order valence-corrected chi connectivity index (χ4v) is 2.09. The van der Waals surface area contributed by atoms with Crippen LogP contribution in [0.2, 0.25) is 0 Å². The molecule has 0 unspecified atom stereocenters. The molecule has 0 aliphatic heterocycles. The maximum absolute atomic E-state index is 12.8. The van der Waals surface area contributed by atoms with Gasteiger partial charge in [0.2, 0.25) is 5.91 Å². The van der Waals surface area contributed by atoms with Crippen molar-refractivity contribution in [3.05, 3.63) is 24.3 Å². The second kappa shape index (κ2) is 5.05. The van der Waals surface area contributed by atoms with Gasteiger partial charge in [0.1, 0.15) is 5.82 Å². The normalized spacial score (nSPS) is 17.1. The first kappa shape index (κ1) is 11.0. The van der Waals surface area contributed by atoms with Crippen molar-refractivity contribution in [3.8, 4) is 0 Å². The van der Waals surface area contributed by atoms with Crippen molar-refractivity contribution >= 4 is 11.6 Å². The number of carbonyl (C=O) groups is 1. The van der Waals surface area contributed by atoms with Gasteiger partial charge in [0.05, 0.1) is 18.1 Å². The molecular weight excluding hydrogens is 207 g/mol. The SMILES string of the molecule is O=C(Nc1cncc(F)c1)C1CCCCC1. The highest BCUT2D eigenvalue weighted by Crippen LogP contribution is 2.24. The second-order valence-corrected chi connectivity index (χ2v) is 4.22. The zero-order valence-corrected chi connectivity index (χ0v) is 9.08. The van der Waals surface area contributed by atoms with Crippen LogP contribution in [-0.4, -0.2) is 10.9 Å². The predicted molar refractivity (Wildman–Crippen MR) is 59.4 cm³/mol. The molecule has 1 N–H and O–H groups in total. The summed E-state index contributed by atoms with van der Waals surface area (Å²) in [5, 5.41) is 2.71. The largest absolute Gasteiger partial charge is 0.324 e. The average Bonchev–Trinajstić information content (AvgIpc) is 2.30. The third-order valence-corrected chi connectivity index (χ3v) is 2.95. The van der Waals surface area contributed by atoms with Gasteiger partial charge in [-0.25, -0.2) is 4.39 Å². The molecule has 16 heavy (non-hydrogen) atoms. The minimum atomic E-state index is -0.429. The van der Waals surface area contributed by atoms with Crippen LogP contribution in [0.1, 0.15) is 32.1 Å². The van der Waals surface area contributed by atoms with Gasteiger partial charge in [-0.15, -0.1) is 0 Å². The van der Waals surface area contributed by atoms with Crippen molar-refractivity contribution in [1.82, 2.24) is 4.98 Å². The smallest absolute Gasteiger partial charge is 0.227 e. The van der Waals surface area contributed by atoms with Crippen LogP contribution in [0.4, 0.5) is 10.1 Å². The molecule has 0 bridgehead atoms. The van der Waals surface area contributed by atoms with E-state index in [2.05, 4.69) is 10.3 Å². The molecule has 1 aliphatic carbocycles. The summed E-state index contributed by atoms with van der Waals surface area (Å²) in [6, 6.07) is 1.29. The molecule has 1 amide bonds. The number of carbonyl (C=O) groups excluding carboxylic acids is 1. The fraction of sp³-hybridized carbons (Fsp3) is 0.500. The summed E-state index contributed by atoms with van der Waals surface area (Å²) in [5.74, 6) is -0.356. The molecule has 0 saturated heterocycles. The maximum Gasteiger partial charge on any atom is 0.227 e. The molecule has 1 saturated carbocycles. The van der Waals surface area contributed by atoms with Gasteiger partial charge in [0.25, 0.3) is 0 Å². The number of aromatic nitrogens is 1. The molecule has 2 rings (SSSR count). The summed E-state index contributed by atoms with van der Waals surface area (Å²) in [6.07, 6.45) is 7.90. The molecule has 1 fully saturated rings. The van der Waals surface area contributed by atoms with Crippen LogP contribution in [0.5, 0.6) is 0 Å². The lowest BCUT2D eigenvalue weighted by atomic mass is 9.88. The zero-order valence-electron chi connectivity index (χ0n) is 9.08. The summed E-state index contributed by atoms with van der Waals surface area (Å²) >= 11 is 0. The minimum absolute atomic E-state index is 0.00731. The topological polar surface area (TPSA) is 42.0 Å². The molecule has 3 nitrogen and oxygen atoms in total. The van der Waals surface area contributed by atoms with Crippen LogP contribution in [0.3, 0.4) is 0 Å². The van der Waals surface area contributed by atoms with E-state index in [9.17, 15) is 9.18 Å². The van der Waals surface area contributed by atoms with Gasteiger partial charge in [-0.2, -0.15) is 0 Å². The Morgan fingerprint density at radius 2 is 2.06 bits per heavy atom. The third-order valence-electron chi connectivity index (χ3n) is 2.95. The van der Waals surface area contributed by atoms with Crippen molar-refractivity contribution in [2.45, 2.75) is 32.1 Å². The lowest BCUT2D eigenvalue weighted by molar-refractivity contribution is -0.120. The number of rotatable bonds is 2. The van der Waals surface area contributed by atoms with Gasteiger partial charge < -0.3 is 5.32 Å². The van der Waals surface area contributed by atoms with Gasteiger partial charge in [-0.05, 0) is 12.8 Å². The van der Waals surface area contributed by atoms with E-state index in [0.29, 0.717) is 5.69 Å². The van der Waals surface area contributed by atoms with E-state index in [-0.39, 0.29) is 11.8 Å². The molecule has 0 spiro atoms. The van der Waals surface area contributed by atoms with Crippen LogP contribution < -0.4 is 5.32 Å². The quantitative estimate of drug-likeness (QED) is 0.836. The molecule has 1 aliphatic rings. The molecule has 0 aromatic carbocycles. The molecule has 4 heteroatoms. The fourth-order valence-electron chi connectivity index (χ4n) is 2.09. The third kappa shape index (κ3) is 2.78. The molecule has 0 radical (unpaired) electrons. The number of amides is 1. The van der Waals surface area contributed by atoms with Crippen molar-refractivity contribution in [2.24, 2.45) is 5.92 Å². The first-order chi connectivity index (χ1) is 7.75. The van der Waals surface area contributed by atoms with Crippen molar-refractivity contribution in [3.63, 3.8) is 0 Å². The van der Waals surface area contributed by atoms with E-state index in [1.807, 2.05) is 0 Å². The first-order valence-corrected chi connectivity index (χ1v) is 5.67. The Hall–Kier alpha value is -1.45. The van der Waals surface area contributed by atoms with Gasteiger partial charge >= 0.3 is 0 Å². The zero-order chi connectivity index (χ0) is 11.4. The van der Waals surface area contributed by atoms with E-state index in [0.717, 1.165) is 31.9 Å². The van der Waals surface area contributed by atoms with Crippen LogP contribution in [-0.2, 0) is 4.79 Å². The van der Waals surface area contributed by atoms with E-state index in [1.54, 1.807) is 0 Å². The van der Waals surface area contributed by atoms with Gasteiger partial charge in [-0.3, -0.25) is 9.78 Å². The number of anilines is 1. The summed E-state index contributed by atoms with van der Waals surface area (Å²) in [7, 11) is 0. The Morgan fingerprint density at radius 1 is 1.31 bits per heavy atom. The van der Waals surface area contributed by atoms with E-state index >= 15 is 0 Å². The van der Waals surface area contributed by atoms with Gasteiger partial charge in [0, 0.05) is 12.0 Å². The van der Waals surface area contributed by atoms with E-state index in [1.165, 1.54) is 18.7 Å². The highest BCUT2D eigenvalue weighted by Gasteiger charge is 2.21.